The average Bonchev–Trinajstić information content (AvgIpc) is 3.13. The van der Waals surface area contributed by atoms with Crippen LogP contribution in [0.1, 0.15) is 36.7 Å². The molecule has 124 valence electrons. The van der Waals surface area contributed by atoms with E-state index >= 15 is 0 Å². The highest BCUT2D eigenvalue weighted by atomic mass is 15.3. The Labute approximate surface area is 138 Å². The van der Waals surface area contributed by atoms with Crippen LogP contribution in [0.3, 0.4) is 0 Å². The molecule has 0 radical (unpaired) electrons. The van der Waals surface area contributed by atoms with Crippen LogP contribution in [0.25, 0.3) is 0 Å². The number of hydrogen-bond acceptors (Lipinski definition) is 4. The number of aromatic nitrogens is 3. The maximum Gasteiger partial charge on any atom is 0.128 e. The van der Waals surface area contributed by atoms with E-state index in [2.05, 4.69) is 57.9 Å². The molecule has 0 spiro atoms. The van der Waals surface area contributed by atoms with Gasteiger partial charge in [-0.2, -0.15) is 5.10 Å². The maximum absolute atomic E-state index is 4.66. The molecule has 1 aliphatic heterocycles. The Morgan fingerprint density at radius 3 is 2.91 bits per heavy atom. The van der Waals surface area contributed by atoms with Crippen LogP contribution in [0.5, 0.6) is 0 Å². The third-order valence-corrected chi connectivity index (χ3v) is 4.70. The van der Waals surface area contributed by atoms with Crippen LogP contribution in [-0.4, -0.2) is 33.9 Å². The van der Waals surface area contributed by atoms with Gasteiger partial charge in [-0.05, 0) is 38.8 Å². The van der Waals surface area contributed by atoms with Crippen LogP contribution in [-0.2, 0) is 13.1 Å². The Bertz CT molecular complexity index is 634. The number of nitrogens with one attached hydrogen (secondary N) is 1. The minimum absolute atomic E-state index is 0.519. The van der Waals surface area contributed by atoms with Crippen LogP contribution in [0.2, 0.25) is 0 Å². The first-order valence-electron chi connectivity index (χ1n) is 8.61. The van der Waals surface area contributed by atoms with E-state index in [1.54, 1.807) is 0 Å². The summed E-state index contributed by atoms with van der Waals surface area (Å²) in [4.78, 5) is 6.81. The fourth-order valence-electron chi connectivity index (χ4n) is 3.34. The van der Waals surface area contributed by atoms with Crippen LogP contribution in [0.4, 0.5) is 5.82 Å². The fourth-order valence-corrected chi connectivity index (χ4v) is 3.34. The third kappa shape index (κ3) is 3.55. The lowest BCUT2D eigenvalue weighted by atomic mass is 10.1. The Balaban J connectivity index is 1.58. The molecule has 0 amide bonds. The number of rotatable bonds is 6. The summed E-state index contributed by atoms with van der Waals surface area (Å²) >= 11 is 0. The van der Waals surface area contributed by atoms with Gasteiger partial charge in [0.15, 0.2) is 0 Å². The van der Waals surface area contributed by atoms with Crippen molar-refractivity contribution in [3.63, 3.8) is 0 Å². The summed E-state index contributed by atoms with van der Waals surface area (Å²) in [6.45, 7) is 10.5. The lowest BCUT2D eigenvalue weighted by molar-refractivity contribution is 0.546. The van der Waals surface area contributed by atoms with Crippen molar-refractivity contribution in [1.82, 2.24) is 20.1 Å². The molecule has 0 bridgehead atoms. The lowest BCUT2D eigenvalue weighted by Gasteiger charge is -2.17. The first-order valence-corrected chi connectivity index (χ1v) is 8.61. The zero-order valence-corrected chi connectivity index (χ0v) is 14.4. The van der Waals surface area contributed by atoms with Gasteiger partial charge in [-0.25, -0.2) is 4.98 Å². The summed E-state index contributed by atoms with van der Waals surface area (Å²) < 4.78 is 2.14. The van der Waals surface area contributed by atoms with Crippen LogP contribution < -0.4 is 10.2 Å². The molecule has 2 aromatic heterocycles. The topological polar surface area (TPSA) is 46.0 Å². The number of nitrogens with zero attached hydrogens (tertiary/aromatic N) is 4. The summed E-state index contributed by atoms with van der Waals surface area (Å²) in [5.74, 6) is 1.08. The predicted molar refractivity (Wildman–Crippen MR) is 93.7 cm³/mol. The van der Waals surface area contributed by atoms with Crippen molar-refractivity contribution in [3.05, 3.63) is 41.3 Å². The van der Waals surface area contributed by atoms with E-state index in [0.717, 1.165) is 50.5 Å². The highest BCUT2D eigenvalue weighted by Crippen LogP contribution is 2.19. The highest BCUT2D eigenvalue weighted by Gasteiger charge is 2.23. The smallest absolute Gasteiger partial charge is 0.128 e. The second-order valence-corrected chi connectivity index (χ2v) is 6.37. The molecule has 1 atom stereocenters. The van der Waals surface area contributed by atoms with Crippen molar-refractivity contribution in [2.24, 2.45) is 0 Å². The summed E-state index contributed by atoms with van der Waals surface area (Å²) in [5.41, 5.74) is 3.81. The lowest BCUT2D eigenvalue weighted by Crippen LogP contribution is -2.32. The Hall–Kier alpha value is -1.88. The molecular formula is C18H27N5. The zero-order valence-electron chi connectivity index (χ0n) is 14.4. The molecular weight excluding hydrogens is 286 g/mol. The second-order valence-electron chi connectivity index (χ2n) is 6.37. The summed E-state index contributed by atoms with van der Waals surface area (Å²) in [7, 11) is 0. The molecule has 3 rings (SSSR count). The van der Waals surface area contributed by atoms with Gasteiger partial charge in [0.2, 0.25) is 0 Å². The zero-order chi connectivity index (χ0) is 16.2. The van der Waals surface area contributed by atoms with Crippen molar-refractivity contribution in [2.45, 2.75) is 52.7 Å². The summed E-state index contributed by atoms with van der Waals surface area (Å²) in [6, 6.07) is 6.63. The third-order valence-electron chi connectivity index (χ3n) is 4.70. The van der Waals surface area contributed by atoms with Crippen molar-refractivity contribution in [3.8, 4) is 0 Å². The molecule has 2 aromatic rings. The van der Waals surface area contributed by atoms with E-state index in [0.29, 0.717) is 6.04 Å². The molecule has 5 heteroatoms. The normalized spacial score (nSPS) is 17.9. The van der Waals surface area contributed by atoms with Crippen LogP contribution in [0.15, 0.2) is 24.4 Å². The van der Waals surface area contributed by atoms with E-state index < -0.39 is 0 Å². The first kappa shape index (κ1) is 16.0. The van der Waals surface area contributed by atoms with Crippen LogP contribution in [0, 0.1) is 13.8 Å². The largest absolute Gasteiger partial charge is 0.355 e. The molecule has 1 aliphatic rings. The molecule has 0 aromatic carbocycles. The van der Waals surface area contributed by atoms with Gasteiger partial charge in [-0.3, -0.25) is 4.68 Å². The molecule has 1 N–H and O–H groups in total. The van der Waals surface area contributed by atoms with E-state index in [1.165, 1.54) is 11.3 Å². The van der Waals surface area contributed by atoms with Gasteiger partial charge >= 0.3 is 0 Å². The van der Waals surface area contributed by atoms with Crippen molar-refractivity contribution < 1.29 is 0 Å². The molecule has 0 unspecified atom stereocenters. The number of anilines is 1. The summed E-state index contributed by atoms with van der Waals surface area (Å²) in [5, 5.41) is 8.38. The summed E-state index contributed by atoms with van der Waals surface area (Å²) in [6.07, 6.45) is 4.15. The van der Waals surface area contributed by atoms with E-state index in [9.17, 15) is 0 Å². The molecule has 23 heavy (non-hydrogen) atoms. The SMILES string of the molecule is CCCn1nc(C)c(CN[C@H]2CCN(c3ccccn3)C2)c1C. The maximum atomic E-state index is 4.66. The van der Waals surface area contributed by atoms with Crippen LogP contribution >= 0.6 is 0 Å². The van der Waals surface area contributed by atoms with Crippen molar-refractivity contribution in [2.75, 3.05) is 18.0 Å². The molecule has 3 heterocycles. The Kier molecular flexibility index (Phi) is 4.96. The van der Waals surface area contributed by atoms with Gasteiger partial charge in [0.05, 0.1) is 5.69 Å². The van der Waals surface area contributed by atoms with Gasteiger partial charge in [0, 0.05) is 49.7 Å². The highest BCUT2D eigenvalue weighted by molar-refractivity contribution is 5.39. The average molecular weight is 313 g/mol. The minimum Gasteiger partial charge on any atom is -0.355 e. The molecule has 5 nitrogen and oxygen atoms in total. The Morgan fingerprint density at radius 1 is 1.30 bits per heavy atom. The Morgan fingerprint density at radius 2 is 2.17 bits per heavy atom. The van der Waals surface area contributed by atoms with Crippen molar-refractivity contribution >= 4 is 5.82 Å². The van der Waals surface area contributed by atoms with Gasteiger partial charge in [-0.1, -0.05) is 13.0 Å². The minimum atomic E-state index is 0.519. The first-order chi connectivity index (χ1) is 11.2. The number of aryl methyl sites for hydroxylation is 2. The monoisotopic (exact) mass is 313 g/mol. The van der Waals surface area contributed by atoms with Gasteiger partial charge in [0.1, 0.15) is 5.82 Å². The molecule has 0 saturated carbocycles. The fraction of sp³-hybridized carbons (Fsp3) is 0.556. The van der Waals surface area contributed by atoms with Gasteiger partial charge in [-0.15, -0.1) is 0 Å². The van der Waals surface area contributed by atoms with Crippen molar-refractivity contribution in [1.29, 1.82) is 0 Å². The standard InChI is InChI=1S/C18H27N5/c1-4-10-23-15(3)17(14(2)21-23)12-20-16-8-11-22(13-16)18-7-5-6-9-19-18/h5-7,9,16,20H,4,8,10-13H2,1-3H3/t16-/m0/s1. The number of hydrogen-bond donors (Lipinski definition) is 1. The number of pyridine rings is 1. The van der Waals surface area contributed by atoms with E-state index in [-0.39, 0.29) is 0 Å². The van der Waals surface area contributed by atoms with Gasteiger partial charge in [0.25, 0.3) is 0 Å². The molecule has 1 saturated heterocycles. The van der Waals surface area contributed by atoms with E-state index in [4.69, 9.17) is 0 Å². The predicted octanol–water partition coefficient (Wildman–Crippen LogP) is 2.67. The quantitative estimate of drug-likeness (QED) is 0.890. The molecule has 0 aliphatic carbocycles. The molecule has 1 fully saturated rings. The van der Waals surface area contributed by atoms with E-state index in [1.807, 2.05) is 12.3 Å². The second kappa shape index (κ2) is 7.13. The van der Waals surface area contributed by atoms with Gasteiger partial charge < -0.3 is 10.2 Å².